The maximum absolute atomic E-state index is 11.2. The van der Waals surface area contributed by atoms with Crippen LogP contribution in [0.3, 0.4) is 0 Å². The number of carbonyl (C=O) groups is 3. The highest BCUT2D eigenvalue weighted by Gasteiger charge is 2.35. The minimum absolute atomic E-state index is 0.0119. The number of hydrogen-bond acceptors (Lipinski definition) is 4. The molecular weight excluding hydrogens is 192 g/mol. The molecule has 1 unspecified atom stereocenters. The first-order chi connectivity index (χ1) is 6.02. The summed E-state index contributed by atoms with van der Waals surface area (Å²) in [5.74, 6) is -1.15. The van der Waals surface area contributed by atoms with Crippen molar-refractivity contribution in [2.45, 2.75) is 18.1 Å². The van der Waals surface area contributed by atoms with Crippen LogP contribution < -0.4 is 5.73 Å². The average Bonchev–Trinajstić information content (AvgIpc) is 2.24. The van der Waals surface area contributed by atoms with Gasteiger partial charge in [0.15, 0.2) is 0 Å². The van der Waals surface area contributed by atoms with Crippen molar-refractivity contribution in [3.05, 3.63) is 0 Å². The van der Waals surface area contributed by atoms with Gasteiger partial charge >= 0.3 is 0 Å². The molecule has 0 aromatic carbocycles. The van der Waals surface area contributed by atoms with Crippen molar-refractivity contribution in [2.24, 2.45) is 5.73 Å². The van der Waals surface area contributed by atoms with E-state index >= 15 is 0 Å². The summed E-state index contributed by atoms with van der Waals surface area (Å²) in [5, 5.41) is -0.555. The number of rotatable bonds is 3. The van der Waals surface area contributed by atoms with Crippen LogP contribution >= 0.6 is 12.6 Å². The SMILES string of the molecule is NC(=O)CCN1C(=O)CC(S)C1=O. The van der Waals surface area contributed by atoms with Crippen LogP contribution in [-0.2, 0) is 14.4 Å². The molecule has 6 heteroatoms. The Morgan fingerprint density at radius 1 is 1.62 bits per heavy atom. The van der Waals surface area contributed by atoms with E-state index in [-0.39, 0.29) is 31.2 Å². The lowest BCUT2D eigenvalue weighted by Crippen LogP contribution is -2.33. The van der Waals surface area contributed by atoms with E-state index < -0.39 is 11.2 Å². The molecule has 2 N–H and O–H groups in total. The summed E-state index contributed by atoms with van der Waals surface area (Å²) in [6, 6.07) is 0. The molecule has 0 saturated carbocycles. The van der Waals surface area contributed by atoms with Gasteiger partial charge in [0.25, 0.3) is 0 Å². The monoisotopic (exact) mass is 202 g/mol. The average molecular weight is 202 g/mol. The predicted octanol–water partition coefficient (Wildman–Crippen LogP) is -1.08. The first-order valence-electron chi connectivity index (χ1n) is 3.83. The molecule has 5 nitrogen and oxygen atoms in total. The van der Waals surface area contributed by atoms with Gasteiger partial charge in [0.2, 0.25) is 17.7 Å². The number of hydrogen-bond donors (Lipinski definition) is 2. The molecule has 0 radical (unpaired) electrons. The molecule has 1 fully saturated rings. The molecule has 0 aliphatic carbocycles. The third-order valence-corrected chi connectivity index (χ3v) is 2.21. The number of imide groups is 1. The van der Waals surface area contributed by atoms with Gasteiger partial charge in [-0.15, -0.1) is 0 Å². The Morgan fingerprint density at radius 3 is 2.62 bits per heavy atom. The molecule has 0 aromatic rings. The highest BCUT2D eigenvalue weighted by atomic mass is 32.1. The Morgan fingerprint density at radius 2 is 2.23 bits per heavy atom. The number of nitrogens with two attached hydrogens (primary N) is 1. The predicted molar refractivity (Wildman–Crippen MR) is 47.9 cm³/mol. The van der Waals surface area contributed by atoms with Crippen LogP contribution in [0.15, 0.2) is 0 Å². The maximum Gasteiger partial charge on any atom is 0.242 e. The third-order valence-electron chi connectivity index (χ3n) is 1.80. The Bertz CT molecular complexity index is 266. The smallest absolute Gasteiger partial charge is 0.242 e. The van der Waals surface area contributed by atoms with Gasteiger partial charge in [-0.3, -0.25) is 19.3 Å². The Hall–Kier alpha value is -1.04. The Kier molecular flexibility index (Phi) is 2.92. The molecule has 1 heterocycles. The molecule has 1 aliphatic heterocycles. The normalized spacial score (nSPS) is 22.5. The van der Waals surface area contributed by atoms with E-state index in [4.69, 9.17) is 5.73 Å². The molecular formula is C7H10N2O3S. The summed E-state index contributed by atoms with van der Waals surface area (Å²) in [6.45, 7) is 0.0735. The molecule has 1 saturated heterocycles. The van der Waals surface area contributed by atoms with Crippen LogP contribution in [-0.4, -0.2) is 34.4 Å². The van der Waals surface area contributed by atoms with Gasteiger partial charge in [0.05, 0.1) is 5.25 Å². The van der Waals surface area contributed by atoms with E-state index in [0.29, 0.717) is 0 Å². The van der Waals surface area contributed by atoms with Gasteiger partial charge in [-0.25, -0.2) is 0 Å². The zero-order valence-corrected chi connectivity index (χ0v) is 7.79. The summed E-state index contributed by atoms with van der Waals surface area (Å²) in [7, 11) is 0. The fourth-order valence-corrected chi connectivity index (χ4v) is 1.42. The van der Waals surface area contributed by atoms with Gasteiger partial charge in [-0.2, -0.15) is 12.6 Å². The molecule has 1 aliphatic rings. The molecule has 1 atom stereocenters. The largest absolute Gasteiger partial charge is 0.370 e. The van der Waals surface area contributed by atoms with Crippen molar-refractivity contribution in [1.29, 1.82) is 0 Å². The molecule has 0 bridgehead atoms. The second-order valence-corrected chi connectivity index (χ2v) is 3.44. The zero-order valence-electron chi connectivity index (χ0n) is 6.90. The van der Waals surface area contributed by atoms with Gasteiger partial charge < -0.3 is 5.73 Å². The number of primary amides is 1. The summed E-state index contributed by atoms with van der Waals surface area (Å²) in [6.07, 6.45) is 0.124. The molecule has 13 heavy (non-hydrogen) atoms. The van der Waals surface area contributed by atoms with Crippen LogP contribution in [0, 0.1) is 0 Å². The lowest BCUT2D eigenvalue weighted by Gasteiger charge is -2.11. The summed E-state index contributed by atoms with van der Waals surface area (Å²) < 4.78 is 0. The molecule has 72 valence electrons. The van der Waals surface area contributed by atoms with Crippen LogP contribution in [0.2, 0.25) is 0 Å². The van der Waals surface area contributed by atoms with E-state index in [1.54, 1.807) is 0 Å². The van der Waals surface area contributed by atoms with Crippen molar-refractivity contribution < 1.29 is 14.4 Å². The van der Waals surface area contributed by atoms with Crippen molar-refractivity contribution >= 4 is 30.4 Å². The van der Waals surface area contributed by atoms with Crippen LogP contribution in [0.1, 0.15) is 12.8 Å². The van der Waals surface area contributed by atoms with E-state index in [2.05, 4.69) is 12.6 Å². The first kappa shape index (κ1) is 10.0. The minimum Gasteiger partial charge on any atom is -0.370 e. The van der Waals surface area contributed by atoms with Crippen LogP contribution in [0.5, 0.6) is 0 Å². The van der Waals surface area contributed by atoms with E-state index in [1.165, 1.54) is 0 Å². The van der Waals surface area contributed by atoms with Crippen LogP contribution in [0.25, 0.3) is 0 Å². The molecule has 3 amide bonds. The van der Waals surface area contributed by atoms with Gasteiger partial charge in [-0.05, 0) is 0 Å². The van der Waals surface area contributed by atoms with E-state index in [0.717, 1.165) is 4.90 Å². The number of carbonyl (C=O) groups excluding carboxylic acids is 3. The van der Waals surface area contributed by atoms with Crippen molar-refractivity contribution in [3.63, 3.8) is 0 Å². The van der Waals surface area contributed by atoms with Crippen molar-refractivity contribution in [3.8, 4) is 0 Å². The quantitative estimate of drug-likeness (QED) is 0.451. The second kappa shape index (κ2) is 3.78. The summed E-state index contributed by atoms with van der Waals surface area (Å²) in [5.41, 5.74) is 4.89. The van der Waals surface area contributed by atoms with Gasteiger partial charge in [-0.1, -0.05) is 0 Å². The van der Waals surface area contributed by atoms with Crippen molar-refractivity contribution in [2.75, 3.05) is 6.54 Å². The molecule has 1 rings (SSSR count). The lowest BCUT2D eigenvalue weighted by molar-refractivity contribution is -0.138. The lowest BCUT2D eigenvalue weighted by atomic mass is 10.4. The highest BCUT2D eigenvalue weighted by molar-refractivity contribution is 7.81. The topological polar surface area (TPSA) is 80.5 Å². The third kappa shape index (κ3) is 2.21. The number of thiol groups is 1. The first-order valence-corrected chi connectivity index (χ1v) is 4.34. The number of nitrogens with zero attached hydrogens (tertiary/aromatic N) is 1. The number of amides is 3. The second-order valence-electron chi connectivity index (χ2n) is 2.82. The zero-order chi connectivity index (χ0) is 10.0. The standard InChI is InChI=1S/C7H10N2O3S/c8-5(10)1-2-9-6(11)3-4(13)7(9)12/h4,13H,1-3H2,(H2,8,10). The summed E-state index contributed by atoms with van der Waals surface area (Å²) >= 11 is 3.92. The van der Waals surface area contributed by atoms with E-state index in [9.17, 15) is 14.4 Å². The minimum atomic E-state index is -0.555. The number of likely N-dealkylation sites (tertiary alicyclic amines) is 1. The highest BCUT2D eigenvalue weighted by Crippen LogP contribution is 2.17. The maximum atomic E-state index is 11.2. The molecule has 0 spiro atoms. The van der Waals surface area contributed by atoms with Crippen LogP contribution in [0.4, 0.5) is 0 Å². The molecule has 0 aromatic heterocycles. The van der Waals surface area contributed by atoms with Gasteiger partial charge in [0, 0.05) is 19.4 Å². The fraction of sp³-hybridized carbons (Fsp3) is 0.571. The van der Waals surface area contributed by atoms with Crippen molar-refractivity contribution in [1.82, 2.24) is 4.90 Å². The summed E-state index contributed by atoms with van der Waals surface area (Å²) in [4.78, 5) is 33.8. The Balaban J connectivity index is 2.54. The fourth-order valence-electron chi connectivity index (χ4n) is 1.12. The Labute approximate surface area is 80.7 Å². The van der Waals surface area contributed by atoms with E-state index in [1.807, 2.05) is 0 Å². The van der Waals surface area contributed by atoms with Gasteiger partial charge in [0.1, 0.15) is 0 Å².